The summed E-state index contributed by atoms with van der Waals surface area (Å²) in [6.45, 7) is 6.63. The zero-order chi connectivity index (χ0) is 15.9. The number of carbonyl (C=O) groups excluding carboxylic acids is 1. The van der Waals surface area contributed by atoms with E-state index in [0.717, 1.165) is 30.1 Å². The SMILES string of the molecule is CCC(=O)C(C)CCCCC1CCC2CCCC(C2)CC1C. The molecule has 5 atom stereocenters. The summed E-state index contributed by atoms with van der Waals surface area (Å²) in [5.74, 6) is 4.72. The molecule has 1 nitrogen and oxygen atoms in total. The van der Waals surface area contributed by atoms with Crippen molar-refractivity contribution < 1.29 is 4.79 Å². The van der Waals surface area contributed by atoms with Crippen molar-refractivity contribution in [1.29, 1.82) is 0 Å². The minimum atomic E-state index is 0.291. The molecule has 0 radical (unpaired) electrons. The van der Waals surface area contributed by atoms with Crippen LogP contribution in [-0.4, -0.2) is 5.78 Å². The topological polar surface area (TPSA) is 17.1 Å². The average molecular weight is 307 g/mol. The Morgan fingerprint density at radius 2 is 1.82 bits per heavy atom. The van der Waals surface area contributed by atoms with Crippen LogP contribution in [0.4, 0.5) is 0 Å². The summed E-state index contributed by atoms with van der Waals surface area (Å²) < 4.78 is 0. The second-order valence-electron chi connectivity index (χ2n) is 8.45. The van der Waals surface area contributed by atoms with E-state index in [4.69, 9.17) is 0 Å². The molecule has 0 aromatic carbocycles. The van der Waals surface area contributed by atoms with Crippen molar-refractivity contribution in [3.05, 3.63) is 0 Å². The van der Waals surface area contributed by atoms with Crippen molar-refractivity contribution in [3.63, 3.8) is 0 Å². The van der Waals surface area contributed by atoms with Gasteiger partial charge in [0.05, 0.1) is 0 Å². The maximum Gasteiger partial charge on any atom is 0.135 e. The van der Waals surface area contributed by atoms with E-state index in [9.17, 15) is 4.79 Å². The lowest BCUT2D eigenvalue weighted by molar-refractivity contribution is -0.122. The predicted octanol–water partition coefficient (Wildman–Crippen LogP) is 6.40. The molecule has 2 aliphatic carbocycles. The summed E-state index contributed by atoms with van der Waals surface area (Å²) in [6, 6.07) is 0. The number of carbonyl (C=O) groups is 1. The lowest BCUT2D eigenvalue weighted by atomic mass is 9.68. The molecule has 0 heterocycles. The van der Waals surface area contributed by atoms with E-state index in [1.54, 1.807) is 0 Å². The van der Waals surface area contributed by atoms with Crippen LogP contribution >= 0.6 is 0 Å². The molecule has 0 aromatic rings. The highest BCUT2D eigenvalue weighted by molar-refractivity contribution is 5.80. The Morgan fingerprint density at radius 3 is 2.59 bits per heavy atom. The smallest absolute Gasteiger partial charge is 0.135 e. The molecule has 128 valence electrons. The molecule has 2 fully saturated rings. The van der Waals surface area contributed by atoms with E-state index in [1.165, 1.54) is 64.2 Å². The third-order valence-electron chi connectivity index (χ3n) is 6.71. The van der Waals surface area contributed by atoms with E-state index < -0.39 is 0 Å². The zero-order valence-corrected chi connectivity index (χ0v) is 15.3. The molecule has 0 aliphatic heterocycles. The molecule has 0 spiro atoms. The second kappa shape index (κ2) is 9.08. The number of unbranched alkanes of at least 4 members (excludes halogenated alkanes) is 1. The third kappa shape index (κ3) is 5.39. The Balaban J connectivity index is 1.70. The first-order valence-electron chi connectivity index (χ1n) is 10.1. The number of rotatable bonds is 7. The van der Waals surface area contributed by atoms with Gasteiger partial charge < -0.3 is 0 Å². The van der Waals surface area contributed by atoms with Crippen LogP contribution in [0.2, 0.25) is 0 Å². The standard InChI is InChI=1S/C21H38O/c1-4-21(22)16(2)8-5-6-11-20-13-12-18-9-7-10-19(15-18)14-17(20)3/h16-20H,4-15H2,1-3H3. The van der Waals surface area contributed by atoms with E-state index in [0.29, 0.717) is 18.1 Å². The van der Waals surface area contributed by atoms with Gasteiger partial charge in [-0.3, -0.25) is 4.79 Å². The highest BCUT2D eigenvalue weighted by Crippen LogP contribution is 2.42. The molecule has 0 saturated heterocycles. The number of Topliss-reactive ketones (excluding diaryl/α,β-unsaturated/α-hetero) is 1. The first kappa shape index (κ1) is 18.0. The number of hydrogen-bond acceptors (Lipinski definition) is 1. The molecular weight excluding hydrogens is 268 g/mol. The fourth-order valence-electron chi connectivity index (χ4n) is 5.13. The highest BCUT2D eigenvalue weighted by atomic mass is 16.1. The fraction of sp³-hybridized carbons (Fsp3) is 0.952. The molecule has 0 amide bonds. The van der Waals surface area contributed by atoms with Crippen LogP contribution in [0.25, 0.3) is 0 Å². The molecule has 0 aromatic heterocycles. The minimum absolute atomic E-state index is 0.291. The number of ketones is 1. The van der Waals surface area contributed by atoms with Crippen LogP contribution in [0, 0.1) is 29.6 Å². The van der Waals surface area contributed by atoms with E-state index in [1.807, 2.05) is 6.92 Å². The van der Waals surface area contributed by atoms with Crippen molar-refractivity contribution in [2.24, 2.45) is 29.6 Å². The van der Waals surface area contributed by atoms with Crippen molar-refractivity contribution >= 4 is 5.78 Å². The molecular formula is C21H38O. The first-order valence-corrected chi connectivity index (χ1v) is 10.1. The molecule has 1 heteroatoms. The summed E-state index contributed by atoms with van der Waals surface area (Å²) >= 11 is 0. The summed E-state index contributed by atoms with van der Waals surface area (Å²) in [6.07, 6.45) is 16.3. The van der Waals surface area contributed by atoms with E-state index in [2.05, 4.69) is 13.8 Å². The summed E-state index contributed by atoms with van der Waals surface area (Å²) in [7, 11) is 0. The number of hydrogen-bond donors (Lipinski definition) is 0. The van der Waals surface area contributed by atoms with Gasteiger partial charge in [-0.05, 0) is 49.4 Å². The predicted molar refractivity (Wildman–Crippen MR) is 94.9 cm³/mol. The van der Waals surface area contributed by atoms with Gasteiger partial charge in [-0.1, -0.05) is 65.7 Å². The average Bonchev–Trinajstić information content (AvgIpc) is 2.52. The summed E-state index contributed by atoms with van der Waals surface area (Å²) in [5.41, 5.74) is 0. The Labute approximate surface area is 138 Å². The quantitative estimate of drug-likeness (QED) is 0.497. The summed E-state index contributed by atoms with van der Waals surface area (Å²) in [5, 5.41) is 0. The van der Waals surface area contributed by atoms with Gasteiger partial charge in [0.15, 0.2) is 0 Å². The normalized spacial score (nSPS) is 33.8. The lowest BCUT2D eigenvalue weighted by Gasteiger charge is -2.37. The Morgan fingerprint density at radius 1 is 1.05 bits per heavy atom. The van der Waals surface area contributed by atoms with Crippen LogP contribution < -0.4 is 0 Å². The second-order valence-corrected chi connectivity index (χ2v) is 8.45. The Kier molecular flexibility index (Phi) is 7.44. The van der Waals surface area contributed by atoms with E-state index >= 15 is 0 Å². The van der Waals surface area contributed by atoms with Gasteiger partial charge in [-0.2, -0.15) is 0 Å². The lowest BCUT2D eigenvalue weighted by Crippen LogP contribution is -2.25. The van der Waals surface area contributed by atoms with Crippen molar-refractivity contribution in [2.75, 3.05) is 0 Å². The molecule has 2 rings (SSSR count). The van der Waals surface area contributed by atoms with Crippen molar-refractivity contribution in [3.8, 4) is 0 Å². The van der Waals surface area contributed by atoms with Crippen LogP contribution in [0.3, 0.4) is 0 Å². The van der Waals surface area contributed by atoms with Gasteiger partial charge >= 0.3 is 0 Å². The maximum absolute atomic E-state index is 11.7. The monoisotopic (exact) mass is 306 g/mol. The largest absolute Gasteiger partial charge is 0.299 e. The van der Waals surface area contributed by atoms with Gasteiger partial charge in [-0.25, -0.2) is 0 Å². The molecule has 2 saturated carbocycles. The van der Waals surface area contributed by atoms with Gasteiger partial charge in [0, 0.05) is 12.3 Å². The maximum atomic E-state index is 11.7. The van der Waals surface area contributed by atoms with Crippen molar-refractivity contribution in [2.45, 2.75) is 97.8 Å². The van der Waals surface area contributed by atoms with E-state index in [-0.39, 0.29) is 0 Å². The zero-order valence-electron chi connectivity index (χ0n) is 15.3. The molecule has 22 heavy (non-hydrogen) atoms. The van der Waals surface area contributed by atoms with Crippen LogP contribution in [0.5, 0.6) is 0 Å². The van der Waals surface area contributed by atoms with Gasteiger partial charge in [-0.15, -0.1) is 0 Å². The van der Waals surface area contributed by atoms with Gasteiger partial charge in [0.1, 0.15) is 5.78 Å². The fourth-order valence-corrected chi connectivity index (χ4v) is 5.13. The molecule has 5 unspecified atom stereocenters. The molecule has 2 bridgehead atoms. The minimum Gasteiger partial charge on any atom is -0.299 e. The molecule has 2 aliphatic rings. The third-order valence-corrected chi connectivity index (χ3v) is 6.71. The Hall–Kier alpha value is -0.330. The first-order chi connectivity index (χ1) is 10.6. The summed E-state index contributed by atoms with van der Waals surface area (Å²) in [4.78, 5) is 11.7. The van der Waals surface area contributed by atoms with Crippen LogP contribution in [0.1, 0.15) is 97.8 Å². The highest BCUT2D eigenvalue weighted by Gasteiger charge is 2.29. The van der Waals surface area contributed by atoms with Crippen LogP contribution in [0.15, 0.2) is 0 Å². The van der Waals surface area contributed by atoms with Gasteiger partial charge in [0.25, 0.3) is 0 Å². The molecule has 0 N–H and O–H groups in total. The Bertz CT molecular complexity index is 335. The van der Waals surface area contributed by atoms with Crippen molar-refractivity contribution in [1.82, 2.24) is 0 Å². The number of fused-ring (bicyclic) bond motifs is 2. The van der Waals surface area contributed by atoms with Crippen LogP contribution in [-0.2, 0) is 4.79 Å². The van der Waals surface area contributed by atoms with Gasteiger partial charge in [0.2, 0.25) is 0 Å².